The Hall–Kier alpha value is -1.32. The highest BCUT2D eigenvalue weighted by Crippen LogP contribution is 2.30. The molecule has 0 amide bonds. The van der Waals surface area contributed by atoms with Crippen molar-refractivity contribution in [1.29, 1.82) is 0 Å². The maximum absolute atomic E-state index is 10.8. The van der Waals surface area contributed by atoms with Crippen LogP contribution in [0.3, 0.4) is 0 Å². The molecule has 0 saturated carbocycles. The summed E-state index contributed by atoms with van der Waals surface area (Å²) in [6.45, 7) is 2.02. The number of hydrogen-bond donors (Lipinski definition) is 1. The highest BCUT2D eigenvalue weighted by Gasteiger charge is 2.10. The molecule has 0 saturated heterocycles. The molecule has 1 aromatic heterocycles. The smallest absolute Gasteiger partial charge is 0.337 e. The van der Waals surface area contributed by atoms with E-state index >= 15 is 0 Å². The van der Waals surface area contributed by atoms with Crippen LogP contribution in [0.5, 0.6) is 0 Å². The topological polar surface area (TPSA) is 37.3 Å². The lowest BCUT2D eigenvalue weighted by molar-refractivity contribution is 0.0697. The molecule has 1 aromatic carbocycles. The number of rotatable bonds is 2. The van der Waals surface area contributed by atoms with Crippen LogP contribution < -0.4 is 0 Å². The highest BCUT2D eigenvalue weighted by atomic mass is 35.5. The molecule has 0 radical (unpaired) electrons. The maximum atomic E-state index is 10.8. The summed E-state index contributed by atoms with van der Waals surface area (Å²) in [7, 11) is 0. The molecule has 2 rings (SSSR count). The Kier molecular flexibility index (Phi) is 2.99. The summed E-state index contributed by atoms with van der Waals surface area (Å²) in [5.41, 5.74) is 2.28. The summed E-state index contributed by atoms with van der Waals surface area (Å²) in [4.78, 5) is 11.9. The zero-order valence-corrected chi connectivity index (χ0v) is 10.1. The zero-order valence-electron chi connectivity index (χ0n) is 8.53. The number of aromatic carboxylic acids is 1. The van der Waals surface area contributed by atoms with Crippen molar-refractivity contribution in [3.8, 4) is 10.4 Å². The van der Waals surface area contributed by atoms with Crippen LogP contribution in [0.1, 0.15) is 15.9 Å². The Bertz CT molecular complexity index is 546. The van der Waals surface area contributed by atoms with Crippen molar-refractivity contribution < 1.29 is 9.90 Å². The number of hydrogen-bond acceptors (Lipinski definition) is 2. The molecule has 0 aliphatic rings. The third kappa shape index (κ3) is 2.10. The third-order valence-corrected chi connectivity index (χ3v) is 3.62. The number of thiophene rings is 1. The summed E-state index contributed by atoms with van der Waals surface area (Å²) in [5, 5.41) is 11.2. The Balaban J connectivity index is 2.45. The molecule has 1 N–H and O–H groups in total. The molecule has 4 heteroatoms. The summed E-state index contributed by atoms with van der Waals surface area (Å²) in [5.74, 6) is -1.00. The lowest BCUT2D eigenvalue weighted by Gasteiger charge is -2.01. The molecule has 1 heterocycles. The van der Waals surface area contributed by atoms with Crippen molar-refractivity contribution in [2.45, 2.75) is 6.92 Å². The van der Waals surface area contributed by atoms with Gasteiger partial charge in [-0.05, 0) is 41.6 Å². The first kappa shape index (κ1) is 11.2. The third-order valence-electron chi connectivity index (χ3n) is 2.21. The van der Waals surface area contributed by atoms with Crippen LogP contribution in [0, 0.1) is 6.92 Å². The molecule has 0 spiro atoms. The van der Waals surface area contributed by atoms with Gasteiger partial charge in [0.1, 0.15) is 0 Å². The van der Waals surface area contributed by atoms with Crippen LogP contribution >= 0.6 is 22.9 Å². The van der Waals surface area contributed by atoms with E-state index in [0.717, 1.165) is 10.4 Å². The van der Waals surface area contributed by atoms with E-state index in [1.54, 1.807) is 23.5 Å². The van der Waals surface area contributed by atoms with Crippen LogP contribution in [-0.4, -0.2) is 11.1 Å². The summed E-state index contributed by atoms with van der Waals surface area (Å²) in [6.07, 6.45) is 0. The zero-order chi connectivity index (χ0) is 11.7. The van der Waals surface area contributed by atoms with E-state index in [9.17, 15) is 4.79 Å². The van der Waals surface area contributed by atoms with Gasteiger partial charge in [-0.1, -0.05) is 17.7 Å². The Morgan fingerprint density at radius 2 is 2.12 bits per heavy atom. The van der Waals surface area contributed by atoms with Crippen LogP contribution in [0.15, 0.2) is 29.6 Å². The number of carboxylic acids is 1. The van der Waals surface area contributed by atoms with Crippen molar-refractivity contribution >= 4 is 28.9 Å². The van der Waals surface area contributed by atoms with Crippen molar-refractivity contribution in [2.75, 3.05) is 0 Å². The lowest BCUT2D eigenvalue weighted by Crippen LogP contribution is -1.96. The van der Waals surface area contributed by atoms with Crippen molar-refractivity contribution in [3.05, 3.63) is 45.8 Å². The van der Waals surface area contributed by atoms with Crippen LogP contribution in [0.2, 0.25) is 5.02 Å². The van der Waals surface area contributed by atoms with Crippen molar-refractivity contribution in [2.24, 2.45) is 0 Å². The van der Waals surface area contributed by atoms with E-state index in [2.05, 4.69) is 6.07 Å². The largest absolute Gasteiger partial charge is 0.478 e. The van der Waals surface area contributed by atoms with E-state index in [-0.39, 0.29) is 10.6 Å². The molecule has 0 aliphatic heterocycles. The van der Waals surface area contributed by atoms with E-state index in [0.29, 0.717) is 0 Å². The molecule has 0 unspecified atom stereocenters. The Labute approximate surface area is 102 Å². The lowest BCUT2D eigenvalue weighted by atomic mass is 10.1. The second-order valence-corrected chi connectivity index (χ2v) is 4.81. The second-order valence-electron chi connectivity index (χ2n) is 3.49. The predicted octanol–water partition coefficient (Wildman–Crippen LogP) is 4.08. The minimum absolute atomic E-state index is 0.138. The maximum Gasteiger partial charge on any atom is 0.337 e. The second kappa shape index (κ2) is 4.28. The average Bonchev–Trinajstić information content (AvgIpc) is 2.64. The molecule has 82 valence electrons. The van der Waals surface area contributed by atoms with Crippen LogP contribution in [0.4, 0.5) is 0 Å². The highest BCUT2D eigenvalue weighted by molar-refractivity contribution is 7.13. The molecule has 0 fully saturated rings. The molecule has 2 nitrogen and oxygen atoms in total. The molecule has 0 atom stereocenters. The van der Waals surface area contributed by atoms with E-state index in [1.807, 2.05) is 12.3 Å². The number of carbonyl (C=O) groups is 1. The van der Waals surface area contributed by atoms with Crippen molar-refractivity contribution in [1.82, 2.24) is 0 Å². The molecule has 16 heavy (non-hydrogen) atoms. The Morgan fingerprint density at radius 1 is 1.38 bits per heavy atom. The number of benzene rings is 1. The van der Waals surface area contributed by atoms with Gasteiger partial charge in [-0.25, -0.2) is 4.79 Å². The molecular formula is C12H9ClO2S. The number of halogens is 1. The normalized spacial score (nSPS) is 10.4. The molecule has 2 aromatic rings. The number of aryl methyl sites for hydroxylation is 1. The fraction of sp³-hybridized carbons (Fsp3) is 0.0833. The van der Waals surface area contributed by atoms with Gasteiger partial charge in [-0.15, -0.1) is 11.3 Å². The van der Waals surface area contributed by atoms with Gasteiger partial charge in [0.15, 0.2) is 0 Å². The van der Waals surface area contributed by atoms with E-state index in [4.69, 9.17) is 16.7 Å². The minimum Gasteiger partial charge on any atom is -0.478 e. The van der Waals surface area contributed by atoms with Gasteiger partial charge < -0.3 is 5.11 Å². The standard InChI is InChI=1S/C12H9ClO2S/c1-7-4-11(16-6-7)8-2-3-9(12(14)15)10(13)5-8/h2-6H,1H3,(H,14,15). The quantitative estimate of drug-likeness (QED) is 0.875. The molecular weight excluding hydrogens is 244 g/mol. The summed E-state index contributed by atoms with van der Waals surface area (Å²) in [6, 6.07) is 7.06. The SMILES string of the molecule is Cc1csc(-c2ccc(C(=O)O)c(Cl)c2)c1. The Morgan fingerprint density at radius 3 is 2.62 bits per heavy atom. The van der Waals surface area contributed by atoms with Gasteiger partial charge in [0.05, 0.1) is 10.6 Å². The van der Waals surface area contributed by atoms with Crippen LogP contribution in [0.25, 0.3) is 10.4 Å². The molecule has 0 bridgehead atoms. The fourth-order valence-electron chi connectivity index (χ4n) is 1.42. The monoisotopic (exact) mass is 252 g/mol. The van der Waals surface area contributed by atoms with Gasteiger partial charge in [0.25, 0.3) is 0 Å². The first-order valence-corrected chi connectivity index (χ1v) is 5.92. The average molecular weight is 253 g/mol. The fourth-order valence-corrected chi connectivity index (χ4v) is 2.58. The van der Waals surface area contributed by atoms with E-state index < -0.39 is 5.97 Å². The summed E-state index contributed by atoms with van der Waals surface area (Å²) < 4.78 is 0. The predicted molar refractivity (Wildman–Crippen MR) is 66.5 cm³/mol. The molecule has 0 aliphatic carbocycles. The van der Waals surface area contributed by atoms with Gasteiger partial charge in [-0.2, -0.15) is 0 Å². The number of carboxylic acid groups (broad SMARTS) is 1. The van der Waals surface area contributed by atoms with Crippen LogP contribution in [-0.2, 0) is 0 Å². The summed E-state index contributed by atoms with van der Waals surface area (Å²) >= 11 is 7.52. The van der Waals surface area contributed by atoms with E-state index in [1.165, 1.54) is 11.6 Å². The first-order chi connectivity index (χ1) is 7.58. The van der Waals surface area contributed by atoms with Gasteiger partial charge in [-0.3, -0.25) is 0 Å². The van der Waals surface area contributed by atoms with Gasteiger partial charge in [0, 0.05) is 4.88 Å². The van der Waals surface area contributed by atoms with Gasteiger partial charge >= 0.3 is 5.97 Å². The van der Waals surface area contributed by atoms with Crippen molar-refractivity contribution in [3.63, 3.8) is 0 Å². The minimum atomic E-state index is -1.00. The first-order valence-electron chi connectivity index (χ1n) is 4.66. The van der Waals surface area contributed by atoms with Gasteiger partial charge in [0.2, 0.25) is 0 Å².